The molecular formula is C13H10Cl2N2O. The SMILES string of the molecule is N=c1ccccn1C(C=O)c1ccc(Cl)c(Cl)c1. The van der Waals surface area contributed by atoms with Crippen molar-refractivity contribution in [2.75, 3.05) is 0 Å². The van der Waals surface area contributed by atoms with Gasteiger partial charge in [-0.05, 0) is 29.8 Å². The summed E-state index contributed by atoms with van der Waals surface area (Å²) < 4.78 is 1.56. The smallest absolute Gasteiger partial charge is 0.147 e. The lowest BCUT2D eigenvalue weighted by Gasteiger charge is -2.15. The van der Waals surface area contributed by atoms with Crippen LogP contribution in [0.5, 0.6) is 0 Å². The van der Waals surface area contributed by atoms with Crippen molar-refractivity contribution >= 4 is 29.5 Å². The van der Waals surface area contributed by atoms with Crippen LogP contribution in [0.3, 0.4) is 0 Å². The van der Waals surface area contributed by atoms with Gasteiger partial charge in [-0.25, -0.2) is 0 Å². The zero-order chi connectivity index (χ0) is 13.1. The summed E-state index contributed by atoms with van der Waals surface area (Å²) in [6, 6.07) is 9.57. The number of carbonyl (C=O) groups is 1. The van der Waals surface area contributed by atoms with E-state index < -0.39 is 6.04 Å². The van der Waals surface area contributed by atoms with Crippen LogP contribution in [-0.2, 0) is 4.79 Å². The third-order valence-corrected chi connectivity index (χ3v) is 3.34. The molecule has 1 aromatic heterocycles. The van der Waals surface area contributed by atoms with Gasteiger partial charge in [0.05, 0.1) is 10.0 Å². The van der Waals surface area contributed by atoms with Crippen LogP contribution in [0.1, 0.15) is 11.6 Å². The molecule has 0 aliphatic carbocycles. The number of carbonyl (C=O) groups excluding carboxylic acids is 1. The van der Waals surface area contributed by atoms with Gasteiger partial charge in [0.25, 0.3) is 0 Å². The summed E-state index contributed by atoms with van der Waals surface area (Å²) in [6.07, 6.45) is 2.46. The van der Waals surface area contributed by atoms with Crippen molar-refractivity contribution in [1.29, 1.82) is 5.41 Å². The molecular weight excluding hydrogens is 271 g/mol. The fourth-order valence-corrected chi connectivity index (χ4v) is 2.01. The first kappa shape index (κ1) is 12.9. The van der Waals surface area contributed by atoms with Crippen molar-refractivity contribution in [3.8, 4) is 0 Å². The van der Waals surface area contributed by atoms with Gasteiger partial charge in [0.1, 0.15) is 17.8 Å². The van der Waals surface area contributed by atoms with Crippen molar-refractivity contribution in [3.63, 3.8) is 0 Å². The molecule has 5 heteroatoms. The van der Waals surface area contributed by atoms with Gasteiger partial charge in [-0.1, -0.05) is 35.3 Å². The number of aromatic nitrogens is 1. The predicted molar refractivity (Wildman–Crippen MR) is 71.0 cm³/mol. The minimum absolute atomic E-state index is 0.251. The van der Waals surface area contributed by atoms with Crippen LogP contribution in [0.25, 0.3) is 0 Å². The fourth-order valence-electron chi connectivity index (χ4n) is 1.70. The molecule has 0 amide bonds. The number of hydrogen-bond donors (Lipinski definition) is 1. The molecule has 1 atom stereocenters. The summed E-state index contributed by atoms with van der Waals surface area (Å²) in [6.45, 7) is 0. The first-order chi connectivity index (χ1) is 8.63. The van der Waals surface area contributed by atoms with Crippen molar-refractivity contribution in [2.45, 2.75) is 6.04 Å². The van der Waals surface area contributed by atoms with E-state index in [-0.39, 0.29) is 5.49 Å². The molecule has 0 fully saturated rings. The molecule has 0 saturated heterocycles. The van der Waals surface area contributed by atoms with Crippen LogP contribution in [0, 0.1) is 5.41 Å². The molecule has 0 spiro atoms. The monoisotopic (exact) mass is 280 g/mol. The maximum Gasteiger partial charge on any atom is 0.147 e. The van der Waals surface area contributed by atoms with E-state index >= 15 is 0 Å². The highest BCUT2D eigenvalue weighted by molar-refractivity contribution is 6.42. The van der Waals surface area contributed by atoms with E-state index in [4.69, 9.17) is 28.6 Å². The van der Waals surface area contributed by atoms with Gasteiger partial charge in [0.15, 0.2) is 0 Å². The highest BCUT2D eigenvalue weighted by Crippen LogP contribution is 2.26. The van der Waals surface area contributed by atoms with E-state index in [1.165, 1.54) is 0 Å². The second-order valence-electron chi connectivity index (χ2n) is 3.75. The lowest BCUT2D eigenvalue weighted by Crippen LogP contribution is -2.25. The number of halogens is 2. The summed E-state index contributed by atoms with van der Waals surface area (Å²) in [5.41, 5.74) is 0.949. The number of pyridine rings is 1. The number of benzene rings is 1. The molecule has 92 valence electrons. The minimum Gasteiger partial charge on any atom is -0.319 e. The number of nitrogens with one attached hydrogen (secondary N) is 1. The molecule has 18 heavy (non-hydrogen) atoms. The molecule has 3 nitrogen and oxygen atoms in total. The number of rotatable bonds is 3. The van der Waals surface area contributed by atoms with Crippen molar-refractivity contribution in [1.82, 2.24) is 4.57 Å². The Labute approximate surface area is 114 Å². The summed E-state index contributed by atoms with van der Waals surface area (Å²) in [4.78, 5) is 11.3. The Balaban J connectivity index is 2.52. The van der Waals surface area contributed by atoms with Crippen molar-refractivity contribution < 1.29 is 4.79 Å². The second kappa shape index (κ2) is 5.38. The van der Waals surface area contributed by atoms with Crippen LogP contribution in [0.15, 0.2) is 42.6 Å². The summed E-state index contributed by atoms with van der Waals surface area (Å²) in [5.74, 6) is 0. The minimum atomic E-state index is -0.575. The molecule has 1 aromatic carbocycles. The average molecular weight is 281 g/mol. The Hall–Kier alpha value is -1.58. The maximum atomic E-state index is 11.3. The number of aldehydes is 1. The second-order valence-corrected chi connectivity index (χ2v) is 4.56. The van der Waals surface area contributed by atoms with E-state index in [9.17, 15) is 4.79 Å². The zero-order valence-electron chi connectivity index (χ0n) is 9.31. The third kappa shape index (κ3) is 2.47. The van der Waals surface area contributed by atoms with E-state index in [0.29, 0.717) is 15.6 Å². The molecule has 2 rings (SSSR count). The third-order valence-electron chi connectivity index (χ3n) is 2.60. The maximum absolute atomic E-state index is 11.3. The molecule has 1 heterocycles. The summed E-state index contributed by atoms with van der Waals surface area (Å²) in [5, 5.41) is 8.63. The van der Waals surface area contributed by atoms with Crippen LogP contribution >= 0.6 is 23.2 Å². The standard InChI is InChI=1S/C13H10Cl2N2O/c14-10-5-4-9(7-11(10)15)12(8-18)17-6-2-1-3-13(17)16/h1-8,12,16H. The van der Waals surface area contributed by atoms with Crippen molar-refractivity contribution in [2.24, 2.45) is 0 Å². The highest BCUT2D eigenvalue weighted by atomic mass is 35.5. The molecule has 2 aromatic rings. The Kier molecular flexibility index (Phi) is 3.84. The normalized spacial score (nSPS) is 12.1. The highest BCUT2D eigenvalue weighted by Gasteiger charge is 2.13. The molecule has 1 N–H and O–H groups in total. The molecule has 1 unspecified atom stereocenters. The largest absolute Gasteiger partial charge is 0.319 e. The molecule has 0 radical (unpaired) electrons. The zero-order valence-corrected chi connectivity index (χ0v) is 10.8. The van der Waals surface area contributed by atoms with E-state index in [1.807, 2.05) is 0 Å². The lowest BCUT2D eigenvalue weighted by atomic mass is 10.1. The van der Waals surface area contributed by atoms with Gasteiger partial charge in [-0.2, -0.15) is 0 Å². The number of nitrogens with zero attached hydrogens (tertiary/aromatic N) is 1. The van der Waals surface area contributed by atoms with Gasteiger partial charge in [-0.3, -0.25) is 5.41 Å². The molecule has 0 aliphatic rings. The average Bonchev–Trinajstić information content (AvgIpc) is 2.37. The van der Waals surface area contributed by atoms with Crippen LogP contribution < -0.4 is 5.49 Å². The van der Waals surface area contributed by atoms with Gasteiger partial charge in [-0.15, -0.1) is 0 Å². The molecule has 0 bridgehead atoms. The van der Waals surface area contributed by atoms with Crippen LogP contribution in [0.2, 0.25) is 10.0 Å². The Morgan fingerprint density at radius 2 is 1.94 bits per heavy atom. The molecule has 0 aliphatic heterocycles. The van der Waals surface area contributed by atoms with E-state index in [0.717, 1.165) is 6.29 Å². The summed E-state index contributed by atoms with van der Waals surface area (Å²) in [7, 11) is 0. The van der Waals surface area contributed by atoms with Gasteiger partial charge >= 0.3 is 0 Å². The van der Waals surface area contributed by atoms with E-state index in [2.05, 4.69) is 0 Å². The fraction of sp³-hybridized carbons (Fsp3) is 0.0769. The quantitative estimate of drug-likeness (QED) is 0.863. The van der Waals surface area contributed by atoms with Gasteiger partial charge in [0, 0.05) is 6.20 Å². The predicted octanol–water partition coefficient (Wildman–Crippen LogP) is 3.06. The number of hydrogen-bond acceptors (Lipinski definition) is 2. The topological polar surface area (TPSA) is 45.9 Å². The lowest BCUT2D eigenvalue weighted by molar-refractivity contribution is -0.109. The Morgan fingerprint density at radius 3 is 2.56 bits per heavy atom. The Morgan fingerprint density at radius 1 is 1.17 bits per heavy atom. The Bertz CT molecular complexity index is 637. The van der Waals surface area contributed by atoms with E-state index in [1.54, 1.807) is 47.2 Å². The van der Waals surface area contributed by atoms with Crippen molar-refractivity contribution in [3.05, 3.63) is 63.7 Å². The van der Waals surface area contributed by atoms with Gasteiger partial charge in [0.2, 0.25) is 0 Å². The van der Waals surface area contributed by atoms with Crippen LogP contribution in [0.4, 0.5) is 0 Å². The summed E-state index contributed by atoms with van der Waals surface area (Å²) >= 11 is 11.8. The first-order valence-electron chi connectivity index (χ1n) is 5.25. The van der Waals surface area contributed by atoms with Gasteiger partial charge < -0.3 is 9.36 Å². The molecule has 0 saturated carbocycles. The first-order valence-corrected chi connectivity index (χ1v) is 6.01. The van der Waals surface area contributed by atoms with Crippen LogP contribution in [-0.4, -0.2) is 10.9 Å².